The monoisotopic (exact) mass is 279 g/mol. The number of fused-ring (bicyclic) bond motifs is 1. The van der Waals surface area contributed by atoms with E-state index in [2.05, 4.69) is 11.1 Å². The molecule has 0 spiro atoms. The van der Waals surface area contributed by atoms with Gasteiger partial charge in [0, 0.05) is 6.54 Å². The van der Waals surface area contributed by atoms with E-state index in [1.54, 1.807) is 4.57 Å². The van der Waals surface area contributed by atoms with Crippen LogP contribution in [0.1, 0.15) is 20.3 Å². The third kappa shape index (κ3) is 2.28. The first-order valence-electron chi connectivity index (χ1n) is 5.75. The van der Waals surface area contributed by atoms with Gasteiger partial charge in [-0.2, -0.15) is 5.26 Å². The molecule has 2 rings (SSSR count). The molecule has 4 nitrogen and oxygen atoms in total. The van der Waals surface area contributed by atoms with Gasteiger partial charge in [0.15, 0.2) is 5.16 Å². The van der Waals surface area contributed by atoms with Crippen LogP contribution in [0.4, 0.5) is 0 Å². The van der Waals surface area contributed by atoms with E-state index in [0.717, 1.165) is 11.9 Å². The zero-order chi connectivity index (χ0) is 13.1. The van der Waals surface area contributed by atoms with Gasteiger partial charge in [0.25, 0.3) is 5.56 Å². The molecule has 0 fully saturated rings. The Labute approximate surface area is 113 Å². The maximum absolute atomic E-state index is 12.2. The second-order valence-electron chi connectivity index (χ2n) is 3.72. The number of rotatable bonds is 4. The van der Waals surface area contributed by atoms with Crippen molar-refractivity contribution in [2.45, 2.75) is 37.2 Å². The summed E-state index contributed by atoms with van der Waals surface area (Å²) >= 11 is 2.78. The molecule has 2 aromatic heterocycles. The Balaban J connectivity index is 2.55. The van der Waals surface area contributed by atoms with Gasteiger partial charge in [-0.15, -0.1) is 11.3 Å². The van der Waals surface area contributed by atoms with Crippen LogP contribution in [0.2, 0.25) is 0 Å². The molecule has 0 aromatic carbocycles. The molecule has 0 aliphatic heterocycles. The highest BCUT2D eigenvalue weighted by Crippen LogP contribution is 2.25. The van der Waals surface area contributed by atoms with Crippen molar-refractivity contribution >= 4 is 33.3 Å². The number of nitriles is 1. The molecule has 1 atom stereocenters. The first kappa shape index (κ1) is 13.1. The van der Waals surface area contributed by atoms with Gasteiger partial charge in [0.1, 0.15) is 4.70 Å². The Morgan fingerprint density at radius 1 is 1.61 bits per heavy atom. The predicted octanol–water partition coefficient (Wildman–Crippen LogP) is 2.87. The standard InChI is InChI=1S/C12H13N3OS2/c1-3-8(7-13)18-12-14-9-5-6-17-10(9)11(16)15(12)4-2/h5-6,8H,3-4H2,1-2H3/t8-/m0/s1. The predicted molar refractivity (Wildman–Crippen MR) is 75.1 cm³/mol. The summed E-state index contributed by atoms with van der Waals surface area (Å²) in [5.41, 5.74) is 0.720. The van der Waals surface area contributed by atoms with Gasteiger partial charge in [-0.1, -0.05) is 18.7 Å². The van der Waals surface area contributed by atoms with Crippen LogP contribution in [0.3, 0.4) is 0 Å². The van der Waals surface area contributed by atoms with Crippen molar-refractivity contribution < 1.29 is 0 Å². The summed E-state index contributed by atoms with van der Waals surface area (Å²) in [6.45, 7) is 4.45. The summed E-state index contributed by atoms with van der Waals surface area (Å²) in [5, 5.41) is 11.4. The number of hydrogen-bond acceptors (Lipinski definition) is 5. The zero-order valence-electron chi connectivity index (χ0n) is 10.2. The number of nitrogens with zero attached hydrogens (tertiary/aromatic N) is 3. The van der Waals surface area contributed by atoms with E-state index in [1.165, 1.54) is 23.1 Å². The molecule has 94 valence electrons. The third-order valence-electron chi connectivity index (χ3n) is 2.61. The van der Waals surface area contributed by atoms with Crippen molar-refractivity contribution in [3.8, 4) is 6.07 Å². The van der Waals surface area contributed by atoms with Crippen molar-refractivity contribution in [1.29, 1.82) is 5.26 Å². The average molecular weight is 279 g/mol. The zero-order valence-corrected chi connectivity index (χ0v) is 11.8. The van der Waals surface area contributed by atoms with E-state index < -0.39 is 0 Å². The lowest BCUT2D eigenvalue weighted by molar-refractivity contribution is 0.634. The van der Waals surface area contributed by atoms with Crippen LogP contribution < -0.4 is 5.56 Å². The maximum atomic E-state index is 12.2. The lowest BCUT2D eigenvalue weighted by atomic mass is 10.4. The summed E-state index contributed by atoms with van der Waals surface area (Å²) in [6.07, 6.45) is 0.739. The maximum Gasteiger partial charge on any atom is 0.272 e. The van der Waals surface area contributed by atoms with Gasteiger partial charge in [-0.3, -0.25) is 9.36 Å². The van der Waals surface area contributed by atoms with Crippen molar-refractivity contribution in [2.75, 3.05) is 0 Å². The second-order valence-corrected chi connectivity index (χ2v) is 5.81. The van der Waals surface area contributed by atoms with Crippen LogP contribution >= 0.6 is 23.1 Å². The van der Waals surface area contributed by atoms with Crippen molar-refractivity contribution in [3.63, 3.8) is 0 Å². The summed E-state index contributed by atoms with van der Waals surface area (Å²) in [7, 11) is 0. The summed E-state index contributed by atoms with van der Waals surface area (Å²) < 4.78 is 2.33. The van der Waals surface area contributed by atoms with Gasteiger partial charge < -0.3 is 0 Å². The van der Waals surface area contributed by atoms with Crippen LogP contribution in [0.5, 0.6) is 0 Å². The lowest BCUT2D eigenvalue weighted by Crippen LogP contribution is -2.22. The number of thiophene rings is 1. The number of hydrogen-bond donors (Lipinski definition) is 0. The third-order valence-corrected chi connectivity index (χ3v) is 4.75. The molecule has 6 heteroatoms. The molecular formula is C12H13N3OS2. The van der Waals surface area contributed by atoms with Crippen LogP contribution in [0.15, 0.2) is 21.4 Å². The van der Waals surface area contributed by atoms with Crippen molar-refractivity contribution in [1.82, 2.24) is 9.55 Å². The Morgan fingerprint density at radius 3 is 3.00 bits per heavy atom. The van der Waals surface area contributed by atoms with E-state index in [4.69, 9.17) is 5.26 Å². The first-order valence-corrected chi connectivity index (χ1v) is 7.51. The largest absolute Gasteiger partial charge is 0.287 e. The Bertz CT molecular complexity index is 653. The van der Waals surface area contributed by atoms with Crippen molar-refractivity contribution in [3.05, 3.63) is 21.8 Å². The molecule has 0 amide bonds. The minimum atomic E-state index is -0.161. The topological polar surface area (TPSA) is 58.7 Å². The van der Waals surface area contributed by atoms with Gasteiger partial charge in [-0.25, -0.2) is 4.98 Å². The minimum Gasteiger partial charge on any atom is -0.287 e. The van der Waals surface area contributed by atoms with Crippen LogP contribution in [-0.4, -0.2) is 14.8 Å². The van der Waals surface area contributed by atoms with Gasteiger partial charge >= 0.3 is 0 Å². The van der Waals surface area contributed by atoms with Crippen molar-refractivity contribution in [2.24, 2.45) is 0 Å². The van der Waals surface area contributed by atoms with E-state index >= 15 is 0 Å². The van der Waals surface area contributed by atoms with Gasteiger partial charge in [0.05, 0.1) is 16.8 Å². The first-order chi connectivity index (χ1) is 8.71. The Kier molecular flexibility index (Phi) is 4.04. The molecule has 2 heterocycles. The molecule has 0 radical (unpaired) electrons. The SMILES string of the molecule is CC[C@@H](C#N)Sc1nc2ccsc2c(=O)n1CC. The highest BCUT2D eigenvalue weighted by molar-refractivity contribution is 8.00. The number of thioether (sulfide) groups is 1. The van der Waals surface area contributed by atoms with E-state index in [0.29, 0.717) is 16.4 Å². The molecule has 0 aliphatic rings. The number of aromatic nitrogens is 2. The molecule has 0 saturated carbocycles. The molecule has 0 bridgehead atoms. The van der Waals surface area contributed by atoms with Crippen LogP contribution in [0, 0.1) is 11.3 Å². The molecule has 0 saturated heterocycles. The Hall–Kier alpha value is -1.32. The van der Waals surface area contributed by atoms with Crippen LogP contribution in [0.25, 0.3) is 10.2 Å². The minimum absolute atomic E-state index is 0.00667. The fourth-order valence-corrected chi connectivity index (χ4v) is 3.36. The highest BCUT2D eigenvalue weighted by Gasteiger charge is 2.15. The smallest absolute Gasteiger partial charge is 0.272 e. The molecule has 0 aliphatic carbocycles. The lowest BCUT2D eigenvalue weighted by Gasteiger charge is -2.11. The van der Waals surface area contributed by atoms with Gasteiger partial charge in [-0.05, 0) is 24.8 Å². The molecule has 18 heavy (non-hydrogen) atoms. The summed E-state index contributed by atoms with van der Waals surface area (Å²) in [6, 6.07) is 4.07. The highest BCUT2D eigenvalue weighted by atomic mass is 32.2. The fraction of sp³-hybridized carbons (Fsp3) is 0.417. The van der Waals surface area contributed by atoms with E-state index in [1.807, 2.05) is 25.3 Å². The fourth-order valence-electron chi connectivity index (χ4n) is 1.62. The molecule has 2 aromatic rings. The summed E-state index contributed by atoms with van der Waals surface area (Å²) in [4.78, 5) is 16.7. The quantitative estimate of drug-likeness (QED) is 0.638. The molecule has 0 N–H and O–H groups in total. The van der Waals surface area contributed by atoms with Gasteiger partial charge in [0.2, 0.25) is 0 Å². The van der Waals surface area contributed by atoms with E-state index in [9.17, 15) is 4.79 Å². The van der Waals surface area contributed by atoms with E-state index in [-0.39, 0.29) is 10.8 Å². The van der Waals surface area contributed by atoms with Crippen LogP contribution in [-0.2, 0) is 6.54 Å². The molecule has 0 unspecified atom stereocenters. The summed E-state index contributed by atoms with van der Waals surface area (Å²) in [5.74, 6) is 0. The second kappa shape index (κ2) is 5.55. The Morgan fingerprint density at radius 2 is 2.39 bits per heavy atom. The average Bonchev–Trinajstić information content (AvgIpc) is 2.84. The molecular weight excluding hydrogens is 266 g/mol. The normalized spacial score (nSPS) is 12.5.